The van der Waals surface area contributed by atoms with E-state index >= 15 is 0 Å². The predicted molar refractivity (Wildman–Crippen MR) is 117 cm³/mol. The van der Waals surface area contributed by atoms with E-state index in [-0.39, 0.29) is 24.8 Å². The Balaban J connectivity index is 1.85. The highest BCUT2D eigenvalue weighted by Crippen LogP contribution is 2.40. The Morgan fingerprint density at radius 1 is 1.03 bits per heavy atom. The largest absolute Gasteiger partial charge is 0.324 e. The maximum absolute atomic E-state index is 13.0. The minimum Gasteiger partial charge on any atom is -0.324 e. The van der Waals surface area contributed by atoms with Crippen LogP contribution in [0.5, 0.6) is 0 Å². The van der Waals surface area contributed by atoms with Crippen molar-refractivity contribution in [2.45, 2.75) is 43.3 Å². The zero-order chi connectivity index (χ0) is 21.7. The van der Waals surface area contributed by atoms with Gasteiger partial charge < -0.3 is 10.2 Å². The minimum absolute atomic E-state index is 0.158. The number of nitrogens with one attached hydrogen (secondary N) is 2. The normalized spacial score (nSPS) is 15.5. The molecule has 0 spiro atoms. The van der Waals surface area contributed by atoms with Gasteiger partial charge in [-0.05, 0) is 36.1 Å². The first-order chi connectivity index (χ1) is 14.5. The summed E-state index contributed by atoms with van der Waals surface area (Å²) >= 11 is 1.26. The summed E-state index contributed by atoms with van der Waals surface area (Å²) in [5.74, 6) is -1.28. The van der Waals surface area contributed by atoms with Gasteiger partial charge in [0.15, 0.2) is 0 Å². The van der Waals surface area contributed by atoms with E-state index in [2.05, 4.69) is 5.32 Å². The topological polar surface area (TPSA) is 98.7 Å². The Labute approximate surface area is 179 Å². The number of fused-ring (bicyclic) bond motifs is 1. The second-order valence-electron chi connectivity index (χ2n) is 6.94. The molecule has 0 aromatic heterocycles. The molecule has 3 rings (SSSR count). The maximum atomic E-state index is 13.0. The smallest absolute Gasteiger partial charge is 0.244 e. The van der Waals surface area contributed by atoms with Crippen LogP contribution in [0.3, 0.4) is 0 Å². The number of carbonyl (C=O) groups is 3. The molecular formula is C22H25N3O4S. The van der Waals surface area contributed by atoms with Crippen molar-refractivity contribution in [2.75, 3.05) is 16.8 Å². The van der Waals surface area contributed by atoms with Crippen molar-refractivity contribution < 1.29 is 19.6 Å². The van der Waals surface area contributed by atoms with E-state index in [4.69, 9.17) is 5.21 Å². The number of thioether (sulfide) groups is 1. The molecule has 7 nitrogen and oxygen atoms in total. The van der Waals surface area contributed by atoms with Crippen LogP contribution in [0.15, 0.2) is 47.4 Å². The predicted octanol–water partition coefficient (Wildman–Crippen LogP) is 3.15. The number of para-hydroxylation sites is 2. The average Bonchev–Trinajstić information content (AvgIpc) is 2.76. The van der Waals surface area contributed by atoms with Crippen LogP contribution in [0.1, 0.15) is 31.4 Å². The molecule has 2 aromatic carbocycles. The number of hydrogen-bond acceptors (Lipinski definition) is 5. The molecule has 2 aromatic rings. The Hall–Kier alpha value is -2.84. The summed E-state index contributed by atoms with van der Waals surface area (Å²) < 4.78 is 0. The maximum Gasteiger partial charge on any atom is 0.244 e. The molecule has 0 fully saturated rings. The fourth-order valence-electron chi connectivity index (χ4n) is 3.51. The highest BCUT2D eigenvalue weighted by atomic mass is 32.2. The van der Waals surface area contributed by atoms with Gasteiger partial charge >= 0.3 is 0 Å². The van der Waals surface area contributed by atoms with E-state index < -0.39 is 11.2 Å². The Morgan fingerprint density at radius 3 is 2.33 bits per heavy atom. The van der Waals surface area contributed by atoms with Gasteiger partial charge in [-0.15, -0.1) is 11.8 Å². The third kappa shape index (κ3) is 4.66. The first-order valence-corrected chi connectivity index (χ1v) is 10.8. The fraction of sp³-hybridized carbons (Fsp3) is 0.318. The van der Waals surface area contributed by atoms with Gasteiger partial charge in [0.05, 0.1) is 10.9 Å². The Bertz CT molecular complexity index is 941. The molecule has 30 heavy (non-hydrogen) atoms. The van der Waals surface area contributed by atoms with Gasteiger partial charge in [-0.2, -0.15) is 0 Å². The number of rotatable bonds is 7. The van der Waals surface area contributed by atoms with Crippen LogP contribution in [0.4, 0.5) is 11.4 Å². The molecule has 0 saturated heterocycles. The fourth-order valence-corrected chi connectivity index (χ4v) is 4.73. The first kappa shape index (κ1) is 21.9. The number of amides is 3. The van der Waals surface area contributed by atoms with Crippen molar-refractivity contribution in [2.24, 2.45) is 0 Å². The number of hydroxylamine groups is 1. The van der Waals surface area contributed by atoms with Gasteiger partial charge in [0.2, 0.25) is 17.7 Å². The highest BCUT2D eigenvalue weighted by molar-refractivity contribution is 8.01. The van der Waals surface area contributed by atoms with Crippen LogP contribution < -0.4 is 15.7 Å². The van der Waals surface area contributed by atoms with E-state index in [1.165, 1.54) is 16.7 Å². The van der Waals surface area contributed by atoms with Crippen LogP contribution in [0.25, 0.3) is 0 Å². The van der Waals surface area contributed by atoms with Crippen LogP contribution >= 0.6 is 11.8 Å². The van der Waals surface area contributed by atoms with Crippen LogP contribution in [-0.4, -0.2) is 34.7 Å². The van der Waals surface area contributed by atoms with E-state index in [9.17, 15) is 14.4 Å². The van der Waals surface area contributed by atoms with Gasteiger partial charge in [0, 0.05) is 17.0 Å². The average molecular weight is 428 g/mol. The molecule has 3 N–H and O–H groups in total. The Morgan fingerprint density at radius 2 is 1.70 bits per heavy atom. The lowest BCUT2D eigenvalue weighted by atomic mass is 10.0. The van der Waals surface area contributed by atoms with Crippen molar-refractivity contribution in [1.29, 1.82) is 0 Å². The van der Waals surface area contributed by atoms with Gasteiger partial charge in [0.1, 0.15) is 6.54 Å². The number of anilines is 2. The van der Waals surface area contributed by atoms with Crippen molar-refractivity contribution in [3.05, 3.63) is 53.6 Å². The monoisotopic (exact) mass is 427 g/mol. The van der Waals surface area contributed by atoms with E-state index in [1.54, 1.807) is 17.6 Å². The molecular weight excluding hydrogens is 402 g/mol. The molecule has 0 bridgehead atoms. The summed E-state index contributed by atoms with van der Waals surface area (Å²) in [6, 6.07) is 13.2. The van der Waals surface area contributed by atoms with Gasteiger partial charge in [-0.3, -0.25) is 19.6 Å². The summed E-state index contributed by atoms with van der Waals surface area (Å²) in [6.07, 6.45) is 1.39. The summed E-state index contributed by atoms with van der Waals surface area (Å²) in [7, 11) is 0. The number of hydrogen-bond donors (Lipinski definition) is 3. The second-order valence-corrected chi connectivity index (χ2v) is 8.19. The molecule has 0 saturated carbocycles. The lowest BCUT2D eigenvalue weighted by Crippen LogP contribution is -2.46. The first-order valence-electron chi connectivity index (χ1n) is 9.89. The molecule has 1 unspecified atom stereocenters. The summed E-state index contributed by atoms with van der Waals surface area (Å²) in [5.41, 5.74) is 5.10. The van der Waals surface area contributed by atoms with Crippen molar-refractivity contribution in [3.63, 3.8) is 0 Å². The second kappa shape index (κ2) is 9.77. The lowest BCUT2D eigenvalue weighted by molar-refractivity contribution is -0.131. The third-order valence-corrected chi connectivity index (χ3v) is 6.28. The van der Waals surface area contributed by atoms with Gasteiger partial charge in [-0.1, -0.05) is 44.2 Å². The van der Waals surface area contributed by atoms with E-state index in [0.717, 1.165) is 34.6 Å². The molecule has 1 aliphatic heterocycles. The lowest BCUT2D eigenvalue weighted by Gasteiger charge is -2.33. The van der Waals surface area contributed by atoms with E-state index in [1.807, 2.05) is 44.2 Å². The SMILES string of the molecule is CCc1cccc(CC)c1NC(=O)CN1C(=O)C(CC(=O)NO)Sc2ccccc21. The summed E-state index contributed by atoms with van der Waals surface area (Å²) in [6.45, 7) is 3.90. The van der Waals surface area contributed by atoms with Crippen LogP contribution in [-0.2, 0) is 27.2 Å². The zero-order valence-electron chi connectivity index (χ0n) is 17.0. The standard InChI is InChI=1S/C22H25N3O4S/c1-3-14-8-7-9-15(4-2)21(14)23-20(27)13-25-16-10-5-6-11-17(16)30-18(22(25)28)12-19(26)24-29/h5-11,18,29H,3-4,12-13H2,1-2H3,(H,23,27)(H,24,26). The number of aryl methyl sites for hydroxylation is 2. The molecule has 8 heteroatoms. The number of nitrogens with zero attached hydrogens (tertiary/aromatic N) is 1. The summed E-state index contributed by atoms with van der Waals surface area (Å²) in [5, 5.41) is 11.1. The zero-order valence-corrected chi connectivity index (χ0v) is 17.8. The highest BCUT2D eigenvalue weighted by Gasteiger charge is 2.35. The molecule has 0 radical (unpaired) electrons. The van der Waals surface area contributed by atoms with Crippen molar-refractivity contribution in [3.8, 4) is 0 Å². The third-order valence-electron chi connectivity index (χ3n) is 5.03. The van der Waals surface area contributed by atoms with E-state index in [0.29, 0.717) is 5.69 Å². The molecule has 3 amide bonds. The van der Waals surface area contributed by atoms with Gasteiger partial charge in [-0.25, -0.2) is 5.48 Å². The van der Waals surface area contributed by atoms with Crippen molar-refractivity contribution >= 4 is 40.9 Å². The molecule has 158 valence electrons. The van der Waals surface area contributed by atoms with Crippen LogP contribution in [0.2, 0.25) is 0 Å². The molecule has 1 atom stereocenters. The molecule has 0 aliphatic carbocycles. The minimum atomic E-state index is -0.714. The van der Waals surface area contributed by atoms with Gasteiger partial charge in [0.25, 0.3) is 0 Å². The Kier molecular flexibility index (Phi) is 7.12. The quantitative estimate of drug-likeness (QED) is 0.466. The molecule has 1 aliphatic rings. The van der Waals surface area contributed by atoms with Crippen molar-refractivity contribution in [1.82, 2.24) is 5.48 Å². The van der Waals surface area contributed by atoms with Crippen LogP contribution in [0, 0.1) is 0 Å². The number of benzene rings is 2. The molecule has 1 heterocycles. The number of carbonyl (C=O) groups excluding carboxylic acids is 3. The summed E-state index contributed by atoms with van der Waals surface area (Å²) in [4.78, 5) is 39.8.